The Bertz CT molecular complexity index is 723. The Labute approximate surface area is 138 Å². The topological polar surface area (TPSA) is 64.7 Å². The van der Waals surface area contributed by atoms with Crippen molar-refractivity contribution in [3.63, 3.8) is 0 Å². The van der Waals surface area contributed by atoms with Crippen LogP contribution >= 0.6 is 11.6 Å². The smallest absolute Gasteiger partial charge is 0.269 e. The van der Waals surface area contributed by atoms with Gasteiger partial charge in [-0.05, 0) is 48.2 Å². The first-order valence-corrected chi connectivity index (χ1v) is 7.70. The van der Waals surface area contributed by atoms with Gasteiger partial charge in [0.1, 0.15) is 6.61 Å². The molecule has 1 fully saturated rings. The highest BCUT2D eigenvalue weighted by atomic mass is 35.5. The second kappa shape index (κ2) is 6.79. The number of nitro groups is 1. The second-order valence-electron chi connectivity index (χ2n) is 5.45. The third-order valence-electron chi connectivity index (χ3n) is 3.65. The maximum absolute atomic E-state index is 10.6. The Morgan fingerprint density at radius 2 is 1.83 bits per heavy atom. The van der Waals surface area contributed by atoms with Crippen LogP contribution in [0.5, 0.6) is 0 Å². The molecule has 0 unspecified atom stereocenters. The molecule has 6 heteroatoms. The van der Waals surface area contributed by atoms with E-state index in [-0.39, 0.29) is 12.3 Å². The van der Waals surface area contributed by atoms with E-state index < -0.39 is 4.92 Å². The van der Waals surface area contributed by atoms with Gasteiger partial charge in [0, 0.05) is 23.1 Å². The van der Waals surface area contributed by atoms with Gasteiger partial charge in [0.05, 0.1) is 10.6 Å². The van der Waals surface area contributed by atoms with E-state index in [9.17, 15) is 10.1 Å². The standard InChI is InChI=1S/C17H15ClN2O3/c18-15-7-5-14(6-8-15)17(13-3-4-13)19-23-11-12-1-9-16(10-2-12)20(21)22/h1-2,5-10,13H,3-4,11H2/b19-17-. The first-order chi connectivity index (χ1) is 11.1. The molecular formula is C17H15ClN2O3. The van der Waals surface area contributed by atoms with Crippen molar-refractivity contribution in [3.05, 3.63) is 74.8 Å². The number of rotatable bonds is 6. The minimum absolute atomic E-state index is 0.0667. The van der Waals surface area contributed by atoms with Gasteiger partial charge in [-0.2, -0.15) is 0 Å². The molecule has 1 saturated carbocycles. The van der Waals surface area contributed by atoms with Gasteiger partial charge >= 0.3 is 0 Å². The Morgan fingerprint density at radius 3 is 2.39 bits per heavy atom. The number of hydrogen-bond acceptors (Lipinski definition) is 4. The molecule has 2 aromatic rings. The summed E-state index contributed by atoms with van der Waals surface area (Å²) < 4.78 is 0. The van der Waals surface area contributed by atoms with Gasteiger partial charge in [0.2, 0.25) is 0 Å². The fraction of sp³-hybridized carbons (Fsp3) is 0.235. The summed E-state index contributed by atoms with van der Waals surface area (Å²) in [6.45, 7) is 0.280. The number of oxime groups is 1. The van der Waals surface area contributed by atoms with Crippen molar-refractivity contribution in [2.24, 2.45) is 11.1 Å². The van der Waals surface area contributed by atoms with Crippen LogP contribution in [0.1, 0.15) is 24.0 Å². The van der Waals surface area contributed by atoms with E-state index in [1.807, 2.05) is 24.3 Å². The summed E-state index contributed by atoms with van der Waals surface area (Å²) in [4.78, 5) is 15.7. The molecule has 5 nitrogen and oxygen atoms in total. The summed E-state index contributed by atoms with van der Waals surface area (Å²) >= 11 is 5.91. The number of non-ortho nitro benzene ring substituents is 1. The molecule has 0 saturated heterocycles. The first-order valence-electron chi connectivity index (χ1n) is 7.32. The minimum atomic E-state index is -0.422. The molecule has 0 heterocycles. The van der Waals surface area contributed by atoms with Gasteiger partial charge in [-0.25, -0.2) is 0 Å². The zero-order valence-electron chi connectivity index (χ0n) is 12.3. The number of benzene rings is 2. The molecule has 2 aromatic carbocycles. The van der Waals surface area contributed by atoms with Crippen LogP contribution in [0, 0.1) is 16.0 Å². The number of nitro benzene ring substituents is 1. The van der Waals surface area contributed by atoms with Crippen molar-refractivity contribution in [3.8, 4) is 0 Å². The highest BCUT2D eigenvalue weighted by molar-refractivity contribution is 6.30. The molecule has 1 aliphatic rings. The predicted octanol–water partition coefficient (Wildman–Crippen LogP) is 4.58. The summed E-state index contributed by atoms with van der Waals surface area (Å²) in [5, 5.41) is 15.6. The van der Waals surface area contributed by atoms with E-state index >= 15 is 0 Å². The van der Waals surface area contributed by atoms with Crippen molar-refractivity contribution >= 4 is 23.0 Å². The molecule has 118 valence electrons. The highest BCUT2D eigenvalue weighted by Crippen LogP contribution is 2.33. The normalized spacial score (nSPS) is 14.6. The fourth-order valence-electron chi connectivity index (χ4n) is 2.23. The van der Waals surface area contributed by atoms with Crippen molar-refractivity contribution in [1.29, 1.82) is 0 Å². The highest BCUT2D eigenvalue weighted by Gasteiger charge is 2.29. The van der Waals surface area contributed by atoms with Crippen LogP contribution in [0.15, 0.2) is 53.7 Å². The van der Waals surface area contributed by atoms with Crippen LogP contribution in [0.25, 0.3) is 0 Å². The van der Waals surface area contributed by atoms with Crippen molar-refractivity contribution in [2.75, 3.05) is 0 Å². The Kier molecular flexibility index (Phi) is 4.57. The average molecular weight is 331 g/mol. The van der Waals surface area contributed by atoms with Crippen molar-refractivity contribution in [2.45, 2.75) is 19.4 Å². The van der Waals surface area contributed by atoms with Gasteiger partial charge in [0.25, 0.3) is 5.69 Å². The van der Waals surface area contributed by atoms with Crippen LogP contribution in [0.4, 0.5) is 5.69 Å². The van der Waals surface area contributed by atoms with Crippen LogP contribution in [0.3, 0.4) is 0 Å². The first kappa shape index (κ1) is 15.5. The summed E-state index contributed by atoms with van der Waals surface area (Å²) in [6.07, 6.45) is 2.23. The van der Waals surface area contributed by atoms with Crippen LogP contribution < -0.4 is 0 Å². The van der Waals surface area contributed by atoms with E-state index in [0.717, 1.165) is 29.7 Å². The molecule has 0 spiro atoms. The SMILES string of the molecule is O=[N+]([O-])c1ccc(CO/N=C(\c2ccc(Cl)cc2)C2CC2)cc1. The largest absolute Gasteiger partial charge is 0.391 e. The monoisotopic (exact) mass is 330 g/mol. The third-order valence-corrected chi connectivity index (χ3v) is 3.90. The number of halogens is 1. The van der Waals surface area contributed by atoms with Crippen LogP contribution in [-0.4, -0.2) is 10.6 Å². The lowest BCUT2D eigenvalue weighted by Gasteiger charge is -2.06. The van der Waals surface area contributed by atoms with E-state index in [1.54, 1.807) is 12.1 Å². The maximum atomic E-state index is 10.6. The van der Waals surface area contributed by atoms with Gasteiger partial charge in [-0.15, -0.1) is 0 Å². The summed E-state index contributed by atoms with van der Waals surface area (Å²) in [7, 11) is 0. The van der Waals surface area contributed by atoms with Crippen molar-refractivity contribution < 1.29 is 9.76 Å². The fourth-order valence-corrected chi connectivity index (χ4v) is 2.36. The Hall–Kier alpha value is -2.40. The van der Waals surface area contributed by atoms with Gasteiger partial charge in [0.15, 0.2) is 0 Å². The molecule has 0 aromatic heterocycles. The lowest BCUT2D eigenvalue weighted by Crippen LogP contribution is -2.04. The van der Waals surface area contributed by atoms with Gasteiger partial charge in [-0.1, -0.05) is 28.9 Å². The molecule has 0 atom stereocenters. The minimum Gasteiger partial charge on any atom is -0.391 e. The van der Waals surface area contributed by atoms with Gasteiger partial charge < -0.3 is 4.84 Å². The van der Waals surface area contributed by atoms with E-state index in [4.69, 9.17) is 16.4 Å². The second-order valence-corrected chi connectivity index (χ2v) is 5.89. The molecule has 0 bridgehead atoms. The summed E-state index contributed by atoms with van der Waals surface area (Å²) in [5.41, 5.74) is 2.85. The molecule has 1 aliphatic carbocycles. The summed E-state index contributed by atoms with van der Waals surface area (Å²) in [6, 6.07) is 13.8. The third kappa shape index (κ3) is 4.07. The molecule has 0 amide bonds. The van der Waals surface area contributed by atoms with Crippen LogP contribution in [-0.2, 0) is 11.4 Å². The lowest BCUT2D eigenvalue weighted by atomic mass is 10.1. The number of hydrogen-bond donors (Lipinski definition) is 0. The predicted molar refractivity (Wildman–Crippen MR) is 88.6 cm³/mol. The Balaban J connectivity index is 1.67. The van der Waals surface area contributed by atoms with E-state index in [1.165, 1.54) is 12.1 Å². The molecule has 0 aliphatic heterocycles. The zero-order chi connectivity index (χ0) is 16.2. The Morgan fingerprint density at radius 1 is 1.17 bits per heavy atom. The molecular weight excluding hydrogens is 316 g/mol. The molecule has 23 heavy (non-hydrogen) atoms. The zero-order valence-corrected chi connectivity index (χ0v) is 13.1. The lowest BCUT2D eigenvalue weighted by molar-refractivity contribution is -0.384. The van der Waals surface area contributed by atoms with E-state index in [2.05, 4.69) is 5.16 Å². The van der Waals surface area contributed by atoms with E-state index in [0.29, 0.717) is 10.9 Å². The molecule has 0 N–H and O–H groups in total. The van der Waals surface area contributed by atoms with Crippen molar-refractivity contribution in [1.82, 2.24) is 0 Å². The molecule has 0 radical (unpaired) electrons. The summed E-state index contributed by atoms with van der Waals surface area (Å²) in [5.74, 6) is 0.438. The quantitative estimate of drug-likeness (QED) is 0.442. The average Bonchev–Trinajstić information content (AvgIpc) is 3.38. The number of nitrogens with zero attached hydrogens (tertiary/aromatic N) is 2. The van der Waals surface area contributed by atoms with Gasteiger partial charge in [-0.3, -0.25) is 10.1 Å². The maximum Gasteiger partial charge on any atom is 0.269 e. The molecule has 3 rings (SSSR count). The van der Waals surface area contributed by atoms with Crippen LogP contribution in [0.2, 0.25) is 5.02 Å².